The average Bonchev–Trinajstić information content (AvgIpc) is 3.20. The van der Waals surface area contributed by atoms with Gasteiger partial charge in [0.15, 0.2) is 0 Å². The number of carbonyl (C=O) groups excluding carboxylic acids is 2. The molecule has 2 N–H and O–H groups in total. The van der Waals surface area contributed by atoms with E-state index in [4.69, 9.17) is 9.72 Å². The molecular weight excluding hydrogens is 416 g/mol. The fourth-order valence-electron chi connectivity index (χ4n) is 4.35. The van der Waals surface area contributed by atoms with Crippen molar-refractivity contribution in [2.45, 2.75) is 19.3 Å². The standard InChI is InChI=1S/C26H24N4O3/c1-27-26(32)18-7-11-22-21(14-18)28-24(15-17-5-3-4-6-23(17)33-2)30(22)19-9-10-20-16(13-19)8-12-25(31)29-20/h3-7,9-11,13-14H,8,12,15H2,1-2H3,(H,27,32)(H,29,31). The number of methoxy groups -OCH3 is 1. The minimum atomic E-state index is -0.151. The van der Waals surface area contributed by atoms with Crippen molar-refractivity contribution in [2.75, 3.05) is 19.5 Å². The fraction of sp³-hybridized carbons (Fsp3) is 0.192. The Balaban J connectivity index is 1.67. The van der Waals surface area contributed by atoms with Crippen LogP contribution in [0, 0.1) is 0 Å². The van der Waals surface area contributed by atoms with Gasteiger partial charge < -0.3 is 15.4 Å². The first kappa shape index (κ1) is 20.8. The maximum Gasteiger partial charge on any atom is 0.251 e. The number of ether oxygens (including phenoxy) is 1. The largest absolute Gasteiger partial charge is 0.496 e. The minimum Gasteiger partial charge on any atom is -0.496 e. The molecule has 5 rings (SSSR count). The molecule has 166 valence electrons. The molecule has 1 aromatic heterocycles. The molecule has 2 heterocycles. The number of benzene rings is 3. The lowest BCUT2D eigenvalue weighted by Crippen LogP contribution is -2.19. The molecule has 0 fully saturated rings. The van der Waals surface area contributed by atoms with E-state index < -0.39 is 0 Å². The second kappa shape index (κ2) is 8.43. The number of carbonyl (C=O) groups is 2. The van der Waals surface area contributed by atoms with Gasteiger partial charge in [-0.3, -0.25) is 14.2 Å². The van der Waals surface area contributed by atoms with Gasteiger partial charge in [-0.05, 0) is 54.4 Å². The van der Waals surface area contributed by atoms with Crippen LogP contribution in [0.3, 0.4) is 0 Å². The molecule has 0 radical (unpaired) electrons. The summed E-state index contributed by atoms with van der Waals surface area (Å²) in [7, 11) is 3.28. The first-order chi connectivity index (χ1) is 16.1. The van der Waals surface area contributed by atoms with Crippen LogP contribution in [0.5, 0.6) is 5.75 Å². The van der Waals surface area contributed by atoms with E-state index in [9.17, 15) is 9.59 Å². The summed E-state index contributed by atoms with van der Waals surface area (Å²) in [5, 5.41) is 5.61. The van der Waals surface area contributed by atoms with Gasteiger partial charge in [0.05, 0.1) is 18.1 Å². The molecule has 0 atom stereocenters. The maximum absolute atomic E-state index is 12.2. The van der Waals surface area contributed by atoms with Crippen LogP contribution in [0.15, 0.2) is 60.7 Å². The Hall–Kier alpha value is -4.13. The highest BCUT2D eigenvalue weighted by molar-refractivity contribution is 5.97. The van der Waals surface area contributed by atoms with Crippen LogP contribution in [0.1, 0.15) is 33.7 Å². The van der Waals surface area contributed by atoms with Crippen molar-refractivity contribution in [1.29, 1.82) is 0 Å². The van der Waals surface area contributed by atoms with Crippen molar-refractivity contribution < 1.29 is 14.3 Å². The van der Waals surface area contributed by atoms with E-state index in [1.54, 1.807) is 14.2 Å². The summed E-state index contributed by atoms with van der Waals surface area (Å²) in [5.41, 5.74) is 6.15. The minimum absolute atomic E-state index is 0.0434. The number of nitrogens with zero attached hydrogens (tertiary/aromatic N) is 2. The lowest BCUT2D eigenvalue weighted by atomic mass is 10.0. The first-order valence-corrected chi connectivity index (χ1v) is 10.9. The van der Waals surface area contributed by atoms with Crippen LogP contribution in [-0.4, -0.2) is 35.5 Å². The van der Waals surface area contributed by atoms with Gasteiger partial charge in [0.1, 0.15) is 11.6 Å². The third kappa shape index (κ3) is 3.82. The quantitative estimate of drug-likeness (QED) is 0.493. The predicted molar refractivity (Wildman–Crippen MR) is 127 cm³/mol. The van der Waals surface area contributed by atoms with Crippen LogP contribution in [0.25, 0.3) is 16.7 Å². The average molecular weight is 441 g/mol. The summed E-state index contributed by atoms with van der Waals surface area (Å²) in [6.07, 6.45) is 1.73. The Bertz CT molecular complexity index is 1390. The highest BCUT2D eigenvalue weighted by Crippen LogP contribution is 2.30. The topological polar surface area (TPSA) is 85.2 Å². The summed E-state index contributed by atoms with van der Waals surface area (Å²) < 4.78 is 7.67. The second-order valence-corrected chi connectivity index (χ2v) is 8.02. The van der Waals surface area contributed by atoms with Crippen LogP contribution in [0.2, 0.25) is 0 Å². The number of rotatable bonds is 5. The molecule has 0 spiro atoms. The molecule has 1 aliphatic rings. The molecular formula is C26H24N4O3. The molecule has 0 aliphatic carbocycles. The Morgan fingerprint density at radius 1 is 1.12 bits per heavy atom. The van der Waals surface area contributed by atoms with E-state index >= 15 is 0 Å². The van der Waals surface area contributed by atoms with Gasteiger partial charge in [0.2, 0.25) is 5.91 Å². The van der Waals surface area contributed by atoms with Gasteiger partial charge in [0.25, 0.3) is 5.91 Å². The van der Waals surface area contributed by atoms with E-state index in [1.807, 2.05) is 54.6 Å². The lowest BCUT2D eigenvalue weighted by molar-refractivity contribution is -0.116. The molecule has 33 heavy (non-hydrogen) atoms. The number of aromatic nitrogens is 2. The zero-order chi connectivity index (χ0) is 22.9. The Kier molecular flexibility index (Phi) is 5.30. The van der Waals surface area contributed by atoms with Crippen molar-refractivity contribution in [1.82, 2.24) is 14.9 Å². The van der Waals surface area contributed by atoms with E-state index in [0.717, 1.165) is 45.1 Å². The fourth-order valence-corrected chi connectivity index (χ4v) is 4.35. The highest BCUT2D eigenvalue weighted by Gasteiger charge is 2.19. The third-order valence-corrected chi connectivity index (χ3v) is 6.00. The van der Waals surface area contributed by atoms with Gasteiger partial charge in [-0.15, -0.1) is 0 Å². The molecule has 0 saturated heterocycles. The van der Waals surface area contributed by atoms with Gasteiger partial charge >= 0.3 is 0 Å². The van der Waals surface area contributed by atoms with Gasteiger partial charge in [0, 0.05) is 42.4 Å². The number of para-hydroxylation sites is 1. The Morgan fingerprint density at radius 2 is 1.97 bits per heavy atom. The number of fused-ring (bicyclic) bond motifs is 2. The molecule has 0 unspecified atom stereocenters. The number of hydrogen-bond donors (Lipinski definition) is 2. The van der Waals surface area contributed by atoms with Crippen molar-refractivity contribution in [3.63, 3.8) is 0 Å². The summed E-state index contributed by atoms with van der Waals surface area (Å²) >= 11 is 0. The van der Waals surface area contributed by atoms with Crippen molar-refractivity contribution in [3.05, 3.63) is 83.2 Å². The van der Waals surface area contributed by atoms with E-state index in [1.165, 1.54) is 0 Å². The monoisotopic (exact) mass is 440 g/mol. The number of imidazole rings is 1. The summed E-state index contributed by atoms with van der Waals surface area (Å²) in [6, 6.07) is 19.5. The third-order valence-electron chi connectivity index (χ3n) is 6.00. The molecule has 0 bridgehead atoms. The molecule has 2 amide bonds. The molecule has 3 aromatic carbocycles. The number of nitrogens with one attached hydrogen (secondary N) is 2. The number of hydrogen-bond acceptors (Lipinski definition) is 4. The normalized spacial score (nSPS) is 12.8. The lowest BCUT2D eigenvalue weighted by Gasteiger charge is -2.19. The van der Waals surface area contributed by atoms with Gasteiger partial charge in [-0.2, -0.15) is 0 Å². The summed E-state index contributed by atoms with van der Waals surface area (Å²) in [5.74, 6) is 1.53. The molecule has 0 saturated carbocycles. The van der Waals surface area contributed by atoms with Crippen LogP contribution in [-0.2, 0) is 17.6 Å². The van der Waals surface area contributed by atoms with Gasteiger partial charge in [-0.25, -0.2) is 4.98 Å². The number of anilines is 1. The molecule has 4 aromatic rings. The van der Waals surface area contributed by atoms with Crippen molar-refractivity contribution in [2.24, 2.45) is 0 Å². The van der Waals surface area contributed by atoms with E-state index in [2.05, 4.69) is 21.3 Å². The predicted octanol–water partition coefficient (Wildman–Crippen LogP) is 3.87. The number of amides is 2. The first-order valence-electron chi connectivity index (χ1n) is 10.9. The molecule has 1 aliphatic heterocycles. The Morgan fingerprint density at radius 3 is 2.79 bits per heavy atom. The molecule has 7 heteroatoms. The van der Waals surface area contributed by atoms with Gasteiger partial charge in [-0.1, -0.05) is 18.2 Å². The Labute approximate surface area is 191 Å². The van der Waals surface area contributed by atoms with Crippen LogP contribution < -0.4 is 15.4 Å². The van der Waals surface area contributed by atoms with Crippen LogP contribution >= 0.6 is 0 Å². The van der Waals surface area contributed by atoms with Crippen molar-refractivity contribution >= 4 is 28.5 Å². The zero-order valence-corrected chi connectivity index (χ0v) is 18.5. The highest BCUT2D eigenvalue weighted by atomic mass is 16.5. The van der Waals surface area contributed by atoms with Crippen molar-refractivity contribution in [3.8, 4) is 11.4 Å². The van der Waals surface area contributed by atoms with Crippen LogP contribution in [0.4, 0.5) is 5.69 Å². The summed E-state index contributed by atoms with van der Waals surface area (Å²) in [6.45, 7) is 0. The summed E-state index contributed by atoms with van der Waals surface area (Å²) in [4.78, 5) is 28.9. The maximum atomic E-state index is 12.2. The zero-order valence-electron chi connectivity index (χ0n) is 18.5. The number of aryl methyl sites for hydroxylation is 1. The molecule has 7 nitrogen and oxygen atoms in total. The van der Waals surface area contributed by atoms with E-state index in [-0.39, 0.29) is 11.8 Å². The SMILES string of the molecule is CNC(=O)c1ccc2c(c1)nc(Cc1ccccc1OC)n2-c1ccc2c(c1)CCC(=O)N2. The smallest absolute Gasteiger partial charge is 0.251 e. The van der Waals surface area contributed by atoms with E-state index in [0.29, 0.717) is 24.8 Å². The second-order valence-electron chi connectivity index (χ2n) is 8.02.